The van der Waals surface area contributed by atoms with Crippen molar-refractivity contribution in [1.82, 2.24) is 0 Å². The summed E-state index contributed by atoms with van der Waals surface area (Å²) in [4.78, 5) is 23.3. The van der Waals surface area contributed by atoms with Crippen LogP contribution >= 0.6 is 0 Å². The molecule has 1 saturated heterocycles. The molecule has 0 radical (unpaired) electrons. The van der Waals surface area contributed by atoms with Crippen LogP contribution in [0.4, 0.5) is 0 Å². The molecule has 0 amide bonds. The van der Waals surface area contributed by atoms with E-state index in [9.17, 15) is 9.59 Å². The second-order valence-corrected chi connectivity index (χ2v) is 6.34. The molecule has 0 spiro atoms. The number of methoxy groups -OCH3 is 1. The Morgan fingerprint density at radius 1 is 0.962 bits per heavy atom. The minimum atomic E-state index is -0.390. The zero-order valence-corrected chi connectivity index (χ0v) is 14.9. The van der Waals surface area contributed by atoms with E-state index in [2.05, 4.69) is 0 Å². The van der Waals surface area contributed by atoms with Gasteiger partial charge in [-0.1, -0.05) is 42.5 Å². The van der Waals surface area contributed by atoms with Crippen LogP contribution in [0.3, 0.4) is 0 Å². The molecule has 5 heteroatoms. The van der Waals surface area contributed by atoms with Crippen molar-refractivity contribution >= 4 is 11.9 Å². The smallest absolute Gasteiger partial charge is 0.337 e. The third kappa shape index (κ3) is 4.29. The van der Waals surface area contributed by atoms with Crippen molar-refractivity contribution < 1.29 is 23.8 Å². The van der Waals surface area contributed by atoms with Gasteiger partial charge in [-0.3, -0.25) is 4.79 Å². The molecule has 3 rings (SSSR count). The van der Waals surface area contributed by atoms with E-state index in [0.29, 0.717) is 18.4 Å². The number of carbonyl (C=O) groups is 2. The third-order valence-corrected chi connectivity index (χ3v) is 4.47. The van der Waals surface area contributed by atoms with Gasteiger partial charge < -0.3 is 14.2 Å². The summed E-state index contributed by atoms with van der Waals surface area (Å²) >= 11 is 0. The molecule has 0 aromatic heterocycles. The molecule has 1 aliphatic heterocycles. The van der Waals surface area contributed by atoms with Crippen LogP contribution in [0, 0.1) is 0 Å². The fraction of sp³-hybridized carbons (Fsp3) is 0.333. The minimum absolute atomic E-state index is 0.180. The molecule has 26 heavy (non-hydrogen) atoms. The van der Waals surface area contributed by atoms with Crippen molar-refractivity contribution in [3.8, 4) is 0 Å². The van der Waals surface area contributed by atoms with Crippen LogP contribution in [-0.4, -0.2) is 25.2 Å². The summed E-state index contributed by atoms with van der Waals surface area (Å²) in [7, 11) is 1.36. The highest BCUT2D eigenvalue weighted by Crippen LogP contribution is 2.40. The molecule has 0 aliphatic carbocycles. The summed E-state index contributed by atoms with van der Waals surface area (Å²) in [5, 5.41) is 0. The lowest BCUT2D eigenvalue weighted by Crippen LogP contribution is -2.30. The lowest BCUT2D eigenvalue weighted by molar-refractivity contribution is -0.160. The van der Waals surface area contributed by atoms with Crippen LogP contribution in [0.1, 0.15) is 53.5 Å². The Labute approximate surface area is 152 Å². The van der Waals surface area contributed by atoms with Crippen LogP contribution in [0.5, 0.6) is 0 Å². The Morgan fingerprint density at radius 2 is 1.62 bits per heavy atom. The van der Waals surface area contributed by atoms with Gasteiger partial charge in [0.05, 0.1) is 24.9 Å². The SMILES string of the molecule is COC(=O)c1cccc([C@@H]2C[C@H](OC(C)=O)C[C@H](c3ccccc3)O2)c1. The molecule has 1 fully saturated rings. The predicted molar refractivity (Wildman–Crippen MR) is 95.6 cm³/mol. The summed E-state index contributed by atoms with van der Waals surface area (Å²) in [5.41, 5.74) is 2.38. The molecule has 0 saturated carbocycles. The molecule has 5 nitrogen and oxygen atoms in total. The van der Waals surface area contributed by atoms with Crippen LogP contribution in [0.25, 0.3) is 0 Å². The number of hydrogen-bond acceptors (Lipinski definition) is 5. The van der Waals surface area contributed by atoms with E-state index in [0.717, 1.165) is 11.1 Å². The molecule has 0 N–H and O–H groups in total. The molecule has 1 aliphatic rings. The van der Waals surface area contributed by atoms with Gasteiger partial charge in [-0.05, 0) is 23.3 Å². The zero-order valence-electron chi connectivity index (χ0n) is 14.9. The summed E-state index contributed by atoms with van der Waals surface area (Å²) in [6, 6.07) is 17.1. The molecule has 0 unspecified atom stereocenters. The van der Waals surface area contributed by atoms with Gasteiger partial charge in [0.2, 0.25) is 0 Å². The number of carbonyl (C=O) groups excluding carboxylic acids is 2. The summed E-state index contributed by atoms with van der Waals surface area (Å²) in [6.07, 6.45) is 0.465. The van der Waals surface area contributed by atoms with Gasteiger partial charge in [0, 0.05) is 19.8 Å². The largest absolute Gasteiger partial charge is 0.465 e. The van der Waals surface area contributed by atoms with Gasteiger partial charge in [-0.25, -0.2) is 4.79 Å². The van der Waals surface area contributed by atoms with Crippen LogP contribution in [0.2, 0.25) is 0 Å². The molecular weight excluding hydrogens is 332 g/mol. The maximum Gasteiger partial charge on any atom is 0.337 e. The van der Waals surface area contributed by atoms with Gasteiger partial charge >= 0.3 is 11.9 Å². The quantitative estimate of drug-likeness (QED) is 0.777. The van der Waals surface area contributed by atoms with Crippen molar-refractivity contribution in [2.24, 2.45) is 0 Å². The highest BCUT2D eigenvalue weighted by atomic mass is 16.6. The van der Waals surface area contributed by atoms with E-state index >= 15 is 0 Å². The van der Waals surface area contributed by atoms with Crippen molar-refractivity contribution in [3.05, 3.63) is 71.3 Å². The van der Waals surface area contributed by atoms with Gasteiger partial charge in [0.15, 0.2) is 0 Å². The van der Waals surface area contributed by atoms with E-state index in [4.69, 9.17) is 14.2 Å². The maximum atomic E-state index is 11.8. The molecular formula is C21H22O5. The van der Waals surface area contributed by atoms with E-state index < -0.39 is 0 Å². The Morgan fingerprint density at radius 3 is 2.27 bits per heavy atom. The van der Waals surface area contributed by atoms with Crippen molar-refractivity contribution in [2.75, 3.05) is 7.11 Å². The first-order valence-electron chi connectivity index (χ1n) is 8.62. The Bertz CT molecular complexity index is 771. The fourth-order valence-corrected chi connectivity index (χ4v) is 3.29. The molecule has 2 aromatic carbocycles. The molecule has 0 bridgehead atoms. The molecule has 3 atom stereocenters. The Balaban J connectivity index is 1.87. The first-order valence-corrected chi connectivity index (χ1v) is 8.62. The van der Waals surface area contributed by atoms with Crippen molar-refractivity contribution in [1.29, 1.82) is 0 Å². The zero-order chi connectivity index (χ0) is 18.5. The lowest BCUT2D eigenvalue weighted by atomic mass is 9.92. The number of rotatable bonds is 4. The van der Waals surface area contributed by atoms with Gasteiger partial charge in [0.25, 0.3) is 0 Å². The lowest BCUT2D eigenvalue weighted by Gasteiger charge is -2.35. The highest BCUT2D eigenvalue weighted by Gasteiger charge is 2.33. The second-order valence-electron chi connectivity index (χ2n) is 6.34. The normalized spacial score (nSPS) is 22.5. The average Bonchev–Trinajstić information content (AvgIpc) is 2.67. The third-order valence-electron chi connectivity index (χ3n) is 4.47. The number of hydrogen-bond donors (Lipinski definition) is 0. The minimum Gasteiger partial charge on any atom is -0.465 e. The Hall–Kier alpha value is -2.66. The van der Waals surface area contributed by atoms with E-state index in [-0.39, 0.29) is 30.3 Å². The monoisotopic (exact) mass is 354 g/mol. The first kappa shape index (κ1) is 18.1. The molecule has 1 heterocycles. The van der Waals surface area contributed by atoms with Crippen molar-refractivity contribution in [2.45, 2.75) is 38.1 Å². The second kappa shape index (κ2) is 8.15. The standard InChI is InChI=1S/C21H22O5/c1-14(22)25-18-12-19(15-7-4-3-5-8-15)26-20(13-18)16-9-6-10-17(11-16)21(23)24-2/h3-11,18-20H,12-13H2,1-2H3/t18-,19-,20+/m1/s1. The van der Waals surface area contributed by atoms with Crippen LogP contribution in [-0.2, 0) is 19.0 Å². The van der Waals surface area contributed by atoms with E-state index in [1.54, 1.807) is 18.2 Å². The fourth-order valence-electron chi connectivity index (χ4n) is 3.29. The Kier molecular flexibility index (Phi) is 5.68. The van der Waals surface area contributed by atoms with E-state index in [1.807, 2.05) is 36.4 Å². The van der Waals surface area contributed by atoms with Crippen molar-refractivity contribution in [3.63, 3.8) is 0 Å². The van der Waals surface area contributed by atoms with Crippen LogP contribution < -0.4 is 0 Å². The number of esters is 2. The van der Waals surface area contributed by atoms with E-state index in [1.165, 1.54) is 14.0 Å². The summed E-state index contributed by atoms with van der Waals surface area (Å²) in [6.45, 7) is 1.42. The predicted octanol–water partition coefficient (Wildman–Crippen LogP) is 4.00. The topological polar surface area (TPSA) is 61.8 Å². The van der Waals surface area contributed by atoms with Gasteiger partial charge in [-0.2, -0.15) is 0 Å². The van der Waals surface area contributed by atoms with Gasteiger partial charge in [-0.15, -0.1) is 0 Å². The average molecular weight is 354 g/mol. The molecule has 136 valence electrons. The first-order chi connectivity index (χ1) is 12.6. The maximum absolute atomic E-state index is 11.8. The summed E-state index contributed by atoms with van der Waals surface area (Å²) in [5.74, 6) is -0.690. The highest BCUT2D eigenvalue weighted by molar-refractivity contribution is 5.89. The van der Waals surface area contributed by atoms with Crippen LogP contribution in [0.15, 0.2) is 54.6 Å². The number of benzene rings is 2. The summed E-state index contributed by atoms with van der Waals surface area (Å²) < 4.78 is 16.6. The molecule has 2 aromatic rings. The number of ether oxygens (including phenoxy) is 3. The van der Waals surface area contributed by atoms with Gasteiger partial charge in [0.1, 0.15) is 6.10 Å².